The molecule has 0 aromatic heterocycles. The first-order chi connectivity index (χ1) is 7.11. The maximum atomic E-state index is 11.0. The number of nitrogens with zero attached hydrogens (tertiary/aromatic N) is 1. The minimum atomic E-state index is -0.0377. The van der Waals surface area contributed by atoms with Gasteiger partial charge in [-0.3, -0.25) is 4.79 Å². The van der Waals surface area contributed by atoms with Crippen LogP contribution in [0.4, 0.5) is 0 Å². The number of nitrogens with one attached hydrogen (secondary N) is 2. The van der Waals surface area contributed by atoms with Gasteiger partial charge in [-0.1, -0.05) is 12.1 Å². The molecule has 0 aromatic rings. The van der Waals surface area contributed by atoms with Crippen LogP contribution in [0.25, 0.3) is 0 Å². The van der Waals surface area contributed by atoms with Crippen LogP contribution in [0.3, 0.4) is 0 Å². The molecule has 0 bridgehead atoms. The third kappa shape index (κ3) is 6.73. The lowest BCUT2D eigenvalue weighted by Gasteiger charge is -2.10. The van der Waals surface area contributed by atoms with Gasteiger partial charge in [0.2, 0.25) is 5.91 Å². The fourth-order valence-corrected chi connectivity index (χ4v) is 1.01. The third-order valence-corrected chi connectivity index (χ3v) is 1.97. The highest BCUT2D eigenvalue weighted by Crippen LogP contribution is 1.91. The Hall–Kier alpha value is -1.30. The van der Waals surface area contributed by atoms with E-state index in [1.807, 2.05) is 13.8 Å². The van der Waals surface area contributed by atoms with Gasteiger partial charge >= 0.3 is 0 Å². The van der Waals surface area contributed by atoms with Gasteiger partial charge in [0.1, 0.15) is 5.84 Å². The number of hydrogen-bond donors (Lipinski definition) is 4. The topological polar surface area (TPSA) is 99.7 Å². The monoisotopic (exact) mass is 216 g/mol. The summed E-state index contributed by atoms with van der Waals surface area (Å²) >= 11 is 0. The number of amides is 1. The number of carbonyl (C=O) groups excluding carboxylic acids is 1. The fourth-order valence-electron chi connectivity index (χ4n) is 1.01. The van der Waals surface area contributed by atoms with Crippen molar-refractivity contribution < 1.29 is 10.0 Å². The zero-order valence-electron chi connectivity index (χ0n) is 9.29. The van der Waals surface area contributed by atoms with E-state index in [9.17, 15) is 4.79 Å². The molecule has 0 aliphatic rings. The average molecular weight is 216 g/mol. The molecule has 0 aromatic carbocycles. The Labute approximate surface area is 89.9 Å². The summed E-state index contributed by atoms with van der Waals surface area (Å²) < 4.78 is 0. The molecular weight excluding hydrogens is 196 g/mol. The Morgan fingerprint density at radius 2 is 2.27 bits per heavy atom. The van der Waals surface area contributed by atoms with E-state index >= 15 is 0 Å². The number of oxime groups is 1. The van der Waals surface area contributed by atoms with Crippen LogP contribution >= 0.6 is 0 Å². The molecule has 0 fully saturated rings. The first kappa shape index (κ1) is 13.7. The van der Waals surface area contributed by atoms with Crippen LogP contribution in [0, 0.1) is 5.92 Å². The van der Waals surface area contributed by atoms with E-state index < -0.39 is 0 Å². The maximum absolute atomic E-state index is 11.0. The quantitative estimate of drug-likeness (QED) is 0.151. The highest BCUT2D eigenvalue weighted by atomic mass is 16.4. The molecule has 0 saturated heterocycles. The molecule has 6 heteroatoms. The second-order valence-electron chi connectivity index (χ2n) is 3.33. The van der Waals surface area contributed by atoms with Crippen molar-refractivity contribution >= 4 is 11.7 Å². The van der Waals surface area contributed by atoms with Crippen molar-refractivity contribution in [2.24, 2.45) is 16.8 Å². The summed E-state index contributed by atoms with van der Waals surface area (Å²) in [7, 11) is 0. The Morgan fingerprint density at radius 3 is 2.80 bits per heavy atom. The summed E-state index contributed by atoms with van der Waals surface area (Å²) in [6, 6.07) is 0. The molecule has 88 valence electrons. The molecule has 0 aliphatic carbocycles. The largest absolute Gasteiger partial charge is 0.409 e. The zero-order valence-corrected chi connectivity index (χ0v) is 9.29. The lowest BCUT2D eigenvalue weighted by molar-refractivity contribution is -0.120. The molecule has 0 rings (SSSR count). The molecule has 0 spiro atoms. The van der Waals surface area contributed by atoms with Crippen molar-refractivity contribution in [3.63, 3.8) is 0 Å². The van der Waals surface area contributed by atoms with Gasteiger partial charge in [0.15, 0.2) is 0 Å². The predicted octanol–water partition coefficient (Wildman–Crippen LogP) is -0.515. The Balaban J connectivity index is 3.50. The molecule has 1 amide bonds. The highest BCUT2D eigenvalue weighted by Gasteiger charge is 2.06. The Kier molecular flexibility index (Phi) is 7.35. The van der Waals surface area contributed by atoms with Crippen LogP contribution in [-0.4, -0.2) is 36.6 Å². The predicted molar refractivity (Wildman–Crippen MR) is 58.7 cm³/mol. The molecule has 0 heterocycles. The first-order valence-corrected chi connectivity index (χ1v) is 5.06. The van der Waals surface area contributed by atoms with E-state index in [0.717, 1.165) is 0 Å². The average Bonchev–Trinajstić information content (AvgIpc) is 2.23. The van der Waals surface area contributed by atoms with Crippen molar-refractivity contribution in [1.82, 2.24) is 10.6 Å². The van der Waals surface area contributed by atoms with Gasteiger partial charge in [0.05, 0.1) is 0 Å². The standard InChI is InChI=1S/C9H20N4O2/c1-3-12-8(14)4-5-11-6-7(2)9(10)13-15/h7,11,15H,3-6H2,1-2H3,(H2,10,13)(H,12,14). The fraction of sp³-hybridized carbons (Fsp3) is 0.778. The highest BCUT2D eigenvalue weighted by molar-refractivity contribution is 5.82. The number of hydrogen-bond acceptors (Lipinski definition) is 4. The van der Waals surface area contributed by atoms with Crippen molar-refractivity contribution in [3.8, 4) is 0 Å². The summed E-state index contributed by atoms with van der Waals surface area (Å²) in [5.74, 6) is 0.186. The Bertz CT molecular complexity index is 218. The van der Waals surface area contributed by atoms with E-state index in [0.29, 0.717) is 26.1 Å². The molecule has 0 saturated carbocycles. The third-order valence-electron chi connectivity index (χ3n) is 1.97. The van der Waals surface area contributed by atoms with E-state index in [1.165, 1.54) is 0 Å². The summed E-state index contributed by atoms with van der Waals surface area (Å²) in [6.07, 6.45) is 0.441. The lowest BCUT2D eigenvalue weighted by Crippen LogP contribution is -2.33. The van der Waals surface area contributed by atoms with Gasteiger partial charge < -0.3 is 21.6 Å². The zero-order chi connectivity index (χ0) is 11.7. The lowest BCUT2D eigenvalue weighted by atomic mass is 10.1. The molecule has 1 atom stereocenters. The van der Waals surface area contributed by atoms with Crippen molar-refractivity contribution in [2.75, 3.05) is 19.6 Å². The van der Waals surface area contributed by atoms with Crippen LogP contribution < -0.4 is 16.4 Å². The maximum Gasteiger partial charge on any atom is 0.221 e. The van der Waals surface area contributed by atoms with Crippen molar-refractivity contribution in [2.45, 2.75) is 20.3 Å². The summed E-state index contributed by atoms with van der Waals surface area (Å²) in [6.45, 7) is 5.56. The molecule has 5 N–H and O–H groups in total. The van der Waals surface area contributed by atoms with Crippen LogP contribution in [0.5, 0.6) is 0 Å². The Morgan fingerprint density at radius 1 is 1.60 bits per heavy atom. The van der Waals surface area contributed by atoms with E-state index in [4.69, 9.17) is 10.9 Å². The minimum Gasteiger partial charge on any atom is -0.409 e. The summed E-state index contributed by atoms with van der Waals surface area (Å²) in [5, 5.41) is 17.1. The van der Waals surface area contributed by atoms with Crippen LogP contribution in [0.15, 0.2) is 5.16 Å². The SMILES string of the molecule is CCNC(=O)CCNCC(C)C(N)=NO. The van der Waals surface area contributed by atoms with Gasteiger partial charge in [-0.25, -0.2) is 0 Å². The minimum absolute atomic E-state index is 0.0291. The molecule has 15 heavy (non-hydrogen) atoms. The van der Waals surface area contributed by atoms with E-state index in [2.05, 4.69) is 15.8 Å². The van der Waals surface area contributed by atoms with Crippen LogP contribution in [-0.2, 0) is 4.79 Å². The molecular formula is C9H20N4O2. The van der Waals surface area contributed by atoms with Gasteiger partial charge in [0.25, 0.3) is 0 Å². The van der Waals surface area contributed by atoms with Crippen molar-refractivity contribution in [1.29, 1.82) is 0 Å². The number of amidine groups is 1. The van der Waals surface area contributed by atoms with E-state index in [1.54, 1.807) is 0 Å². The normalized spacial score (nSPS) is 13.6. The number of rotatable bonds is 7. The van der Waals surface area contributed by atoms with Crippen LogP contribution in [0.1, 0.15) is 20.3 Å². The van der Waals surface area contributed by atoms with E-state index in [-0.39, 0.29) is 17.7 Å². The summed E-state index contributed by atoms with van der Waals surface area (Å²) in [4.78, 5) is 11.0. The smallest absolute Gasteiger partial charge is 0.221 e. The van der Waals surface area contributed by atoms with Gasteiger partial charge in [-0.15, -0.1) is 0 Å². The summed E-state index contributed by atoms with van der Waals surface area (Å²) in [5.41, 5.74) is 5.39. The van der Waals surface area contributed by atoms with Gasteiger partial charge in [-0.05, 0) is 6.92 Å². The molecule has 1 unspecified atom stereocenters. The number of nitrogens with two attached hydrogens (primary N) is 1. The molecule has 0 radical (unpaired) electrons. The van der Waals surface area contributed by atoms with Gasteiger partial charge in [0, 0.05) is 32.0 Å². The second kappa shape index (κ2) is 8.05. The van der Waals surface area contributed by atoms with Crippen molar-refractivity contribution in [3.05, 3.63) is 0 Å². The van der Waals surface area contributed by atoms with Crippen LogP contribution in [0.2, 0.25) is 0 Å². The second-order valence-corrected chi connectivity index (χ2v) is 3.33. The molecule has 6 nitrogen and oxygen atoms in total. The number of carbonyl (C=O) groups is 1. The molecule has 0 aliphatic heterocycles. The first-order valence-electron chi connectivity index (χ1n) is 5.06. The van der Waals surface area contributed by atoms with Gasteiger partial charge in [-0.2, -0.15) is 0 Å².